The molecule has 1 atom stereocenters. The maximum Gasteiger partial charge on any atom is 0.131 e. The van der Waals surface area contributed by atoms with Crippen LogP contribution in [0.5, 0.6) is 0 Å². The van der Waals surface area contributed by atoms with E-state index in [1.54, 1.807) is 13.0 Å². The zero-order valence-corrected chi connectivity index (χ0v) is 12.3. The highest BCUT2D eigenvalue weighted by atomic mass is 79.9. The summed E-state index contributed by atoms with van der Waals surface area (Å²) in [7, 11) is 0. The molecule has 2 rings (SSSR count). The molecule has 5 heteroatoms. The Labute approximate surface area is 123 Å². The molecule has 0 saturated heterocycles. The third-order valence-corrected chi connectivity index (χ3v) is 3.68. The normalized spacial score (nSPS) is 12.4. The van der Waals surface area contributed by atoms with Crippen molar-refractivity contribution >= 4 is 15.9 Å². The summed E-state index contributed by atoms with van der Waals surface area (Å²) in [5.41, 5.74) is 0.0125. The predicted octanol–water partition coefficient (Wildman–Crippen LogP) is 4.57. The van der Waals surface area contributed by atoms with Gasteiger partial charge in [0.1, 0.15) is 17.5 Å². The molecule has 1 nitrogen and oxygen atoms in total. The maximum absolute atomic E-state index is 14.1. The summed E-state index contributed by atoms with van der Waals surface area (Å²) in [6.07, 6.45) is 0. The Morgan fingerprint density at radius 1 is 0.950 bits per heavy atom. The second-order valence-electron chi connectivity index (χ2n) is 4.26. The van der Waals surface area contributed by atoms with Gasteiger partial charge in [-0.15, -0.1) is 0 Å². The van der Waals surface area contributed by atoms with Crippen LogP contribution in [0.1, 0.15) is 24.1 Å². The Hall–Kier alpha value is -1.33. The molecule has 0 fully saturated rings. The molecular weight excluding hydrogens is 331 g/mol. The van der Waals surface area contributed by atoms with E-state index in [2.05, 4.69) is 21.2 Å². The molecule has 0 bridgehead atoms. The number of benzene rings is 2. The van der Waals surface area contributed by atoms with Crippen LogP contribution in [-0.4, -0.2) is 6.54 Å². The van der Waals surface area contributed by atoms with Gasteiger partial charge in [-0.05, 0) is 30.8 Å². The van der Waals surface area contributed by atoms with Crippen LogP contribution in [0.2, 0.25) is 0 Å². The summed E-state index contributed by atoms with van der Waals surface area (Å²) in [6.45, 7) is 2.24. The number of halogens is 4. The zero-order chi connectivity index (χ0) is 14.7. The Bertz CT molecular complexity index is 524. The van der Waals surface area contributed by atoms with Crippen LogP contribution in [0.3, 0.4) is 0 Å². The van der Waals surface area contributed by atoms with Gasteiger partial charge in [-0.1, -0.05) is 35.0 Å². The molecule has 0 spiro atoms. The van der Waals surface area contributed by atoms with E-state index in [4.69, 9.17) is 0 Å². The molecular formula is C15H13BrF3N. The highest BCUT2D eigenvalue weighted by Gasteiger charge is 2.25. The molecule has 106 valence electrons. The monoisotopic (exact) mass is 343 g/mol. The van der Waals surface area contributed by atoms with Gasteiger partial charge in [0.25, 0.3) is 0 Å². The maximum atomic E-state index is 14.1. The van der Waals surface area contributed by atoms with E-state index in [1.807, 2.05) is 0 Å². The molecule has 2 aromatic rings. The van der Waals surface area contributed by atoms with Crippen molar-refractivity contribution in [2.75, 3.05) is 6.54 Å². The summed E-state index contributed by atoms with van der Waals surface area (Å²) in [4.78, 5) is 0. The molecule has 0 amide bonds. The summed E-state index contributed by atoms with van der Waals surface area (Å²) in [6, 6.07) is 7.16. The standard InChI is InChI=1S/C15H13BrF3N/c1-2-20-15(13-9(16)5-3-6-10(13)17)14-11(18)7-4-8-12(14)19/h3-8,15,20H,2H2,1H3. The van der Waals surface area contributed by atoms with Gasteiger partial charge in [-0.3, -0.25) is 0 Å². The van der Waals surface area contributed by atoms with E-state index >= 15 is 0 Å². The minimum absolute atomic E-state index is 0.180. The fraction of sp³-hybridized carbons (Fsp3) is 0.200. The smallest absolute Gasteiger partial charge is 0.131 e. The molecule has 2 aromatic carbocycles. The van der Waals surface area contributed by atoms with Crippen molar-refractivity contribution in [2.24, 2.45) is 0 Å². The molecule has 1 unspecified atom stereocenters. The molecule has 0 aliphatic heterocycles. The Kier molecular flexibility index (Phi) is 4.83. The summed E-state index contributed by atoms with van der Waals surface area (Å²) < 4.78 is 42.4. The molecule has 0 radical (unpaired) electrons. The first-order valence-corrected chi connectivity index (χ1v) is 6.96. The topological polar surface area (TPSA) is 12.0 Å². The van der Waals surface area contributed by atoms with Gasteiger partial charge in [0.15, 0.2) is 0 Å². The Morgan fingerprint density at radius 3 is 1.95 bits per heavy atom. The highest BCUT2D eigenvalue weighted by molar-refractivity contribution is 9.10. The predicted molar refractivity (Wildman–Crippen MR) is 76.0 cm³/mol. The number of rotatable bonds is 4. The van der Waals surface area contributed by atoms with E-state index in [0.29, 0.717) is 11.0 Å². The van der Waals surface area contributed by atoms with Crippen molar-refractivity contribution in [1.82, 2.24) is 5.32 Å². The molecule has 0 aliphatic rings. The van der Waals surface area contributed by atoms with Crippen LogP contribution in [-0.2, 0) is 0 Å². The summed E-state index contributed by atoms with van der Waals surface area (Å²) in [5, 5.41) is 2.93. The number of hydrogen-bond acceptors (Lipinski definition) is 1. The number of hydrogen-bond donors (Lipinski definition) is 1. The van der Waals surface area contributed by atoms with Gasteiger partial charge in [-0.25, -0.2) is 13.2 Å². The van der Waals surface area contributed by atoms with E-state index < -0.39 is 23.5 Å². The van der Waals surface area contributed by atoms with Crippen molar-refractivity contribution in [3.63, 3.8) is 0 Å². The summed E-state index contributed by atoms with van der Waals surface area (Å²) in [5.74, 6) is -1.93. The first-order valence-electron chi connectivity index (χ1n) is 6.17. The molecule has 0 aromatic heterocycles. The molecule has 1 N–H and O–H groups in total. The SMILES string of the molecule is CCNC(c1c(F)cccc1F)c1c(F)cccc1Br. The summed E-state index contributed by atoms with van der Waals surface area (Å²) >= 11 is 3.24. The van der Waals surface area contributed by atoms with Crippen molar-refractivity contribution in [2.45, 2.75) is 13.0 Å². The van der Waals surface area contributed by atoms with Crippen LogP contribution in [0, 0.1) is 17.5 Å². The number of nitrogens with one attached hydrogen (secondary N) is 1. The van der Waals surface area contributed by atoms with Crippen molar-refractivity contribution in [1.29, 1.82) is 0 Å². The quantitative estimate of drug-likeness (QED) is 0.857. The lowest BCUT2D eigenvalue weighted by Crippen LogP contribution is -2.25. The van der Waals surface area contributed by atoms with Gasteiger partial charge in [0.2, 0.25) is 0 Å². The minimum Gasteiger partial charge on any atom is -0.306 e. The second-order valence-corrected chi connectivity index (χ2v) is 5.12. The lowest BCUT2D eigenvalue weighted by molar-refractivity contribution is 0.494. The lowest BCUT2D eigenvalue weighted by atomic mass is 9.97. The van der Waals surface area contributed by atoms with E-state index in [9.17, 15) is 13.2 Å². The van der Waals surface area contributed by atoms with Crippen molar-refractivity contribution in [3.05, 3.63) is 69.4 Å². The van der Waals surface area contributed by atoms with Crippen LogP contribution in [0.4, 0.5) is 13.2 Å². The average Bonchev–Trinajstić information content (AvgIpc) is 2.38. The third kappa shape index (κ3) is 2.88. The largest absolute Gasteiger partial charge is 0.306 e. The highest BCUT2D eigenvalue weighted by Crippen LogP contribution is 2.33. The fourth-order valence-corrected chi connectivity index (χ4v) is 2.70. The van der Waals surface area contributed by atoms with Gasteiger partial charge in [0.05, 0.1) is 6.04 Å². The lowest BCUT2D eigenvalue weighted by Gasteiger charge is -2.21. The average molecular weight is 344 g/mol. The fourth-order valence-electron chi connectivity index (χ4n) is 2.13. The first-order chi connectivity index (χ1) is 9.56. The third-order valence-electron chi connectivity index (χ3n) is 2.99. The second kappa shape index (κ2) is 6.41. The molecule has 0 aliphatic carbocycles. The zero-order valence-electron chi connectivity index (χ0n) is 10.8. The van der Waals surface area contributed by atoms with Crippen molar-refractivity contribution in [3.8, 4) is 0 Å². The van der Waals surface area contributed by atoms with E-state index in [0.717, 1.165) is 12.1 Å². The first kappa shape index (κ1) is 15.1. The Morgan fingerprint density at radius 2 is 1.45 bits per heavy atom. The van der Waals surface area contributed by atoms with Crippen LogP contribution in [0.15, 0.2) is 40.9 Å². The molecule has 0 heterocycles. The minimum atomic E-state index is -0.892. The van der Waals surface area contributed by atoms with Gasteiger partial charge in [0, 0.05) is 15.6 Å². The van der Waals surface area contributed by atoms with Gasteiger partial charge >= 0.3 is 0 Å². The van der Waals surface area contributed by atoms with E-state index in [-0.39, 0.29) is 11.1 Å². The van der Waals surface area contributed by atoms with Gasteiger partial charge in [-0.2, -0.15) is 0 Å². The van der Waals surface area contributed by atoms with Gasteiger partial charge < -0.3 is 5.32 Å². The van der Waals surface area contributed by atoms with Crippen LogP contribution in [0.25, 0.3) is 0 Å². The van der Waals surface area contributed by atoms with Crippen LogP contribution >= 0.6 is 15.9 Å². The Balaban J connectivity index is 2.63. The van der Waals surface area contributed by atoms with E-state index in [1.165, 1.54) is 18.2 Å². The molecule has 20 heavy (non-hydrogen) atoms. The molecule has 0 saturated carbocycles. The van der Waals surface area contributed by atoms with Crippen molar-refractivity contribution < 1.29 is 13.2 Å². The van der Waals surface area contributed by atoms with Crippen LogP contribution < -0.4 is 5.32 Å².